The lowest BCUT2D eigenvalue weighted by Gasteiger charge is -2.12. The smallest absolute Gasteiger partial charge is 0.164 e. The van der Waals surface area contributed by atoms with Crippen LogP contribution < -0.4 is 0 Å². The van der Waals surface area contributed by atoms with Gasteiger partial charge in [-0.1, -0.05) is 140 Å². The first-order valence-corrected chi connectivity index (χ1v) is 14.3. The summed E-state index contributed by atoms with van der Waals surface area (Å²) in [6.07, 6.45) is 0. The molecule has 0 aliphatic heterocycles. The van der Waals surface area contributed by atoms with Crippen LogP contribution in [0.5, 0.6) is 0 Å². The van der Waals surface area contributed by atoms with Gasteiger partial charge in [0.15, 0.2) is 17.5 Å². The van der Waals surface area contributed by atoms with E-state index >= 15 is 0 Å². The van der Waals surface area contributed by atoms with Crippen LogP contribution in [0.1, 0.15) is 0 Å². The predicted octanol–water partition coefficient (Wildman–Crippen LogP) is 10.1. The van der Waals surface area contributed by atoms with Crippen LogP contribution in [0, 0.1) is 0 Å². The number of nitrogens with zero attached hydrogens (tertiary/aromatic N) is 3. The molecule has 0 radical (unpaired) electrons. The van der Waals surface area contributed by atoms with Crippen molar-refractivity contribution in [2.45, 2.75) is 0 Å². The summed E-state index contributed by atoms with van der Waals surface area (Å²) in [5.41, 5.74) is 8.95. The molecular formula is C39H25N3O. The number of benzene rings is 6. The highest BCUT2D eigenvalue weighted by atomic mass is 16.3. The summed E-state index contributed by atoms with van der Waals surface area (Å²) in [5, 5.41) is 2.24. The molecule has 43 heavy (non-hydrogen) atoms. The summed E-state index contributed by atoms with van der Waals surface area (Å²) in [6, 6.07) is 51.6. The van der Waals surface area contributed by atoms with Crippen molar-refractivity contribution in [2.75, 3.05) is 0 Å². The third kappa shape index (κ3) is 4.55. The van der Waals surface area contributed by atoms with E-state index in [0.717, 1.165) is 60.9 Å². The number of para-hydroxylation sites is 2. The Morgan fingerprint density at radius 2 is 0.837 bits per heavy atom. The molecule has 8 rings (SSSR count). The van der Waals surface area contributed by atoms with Gasteiger partial charge in [-0.05, 0) is 28.8 Å². The van der Waals surface area contributed by atoms with E-state index in [4.69, 9.17) is 19.4 Å². The minimum atomic E-state index is 0.631. The van der Waals surface area contributed by atoms with E-state index in [2.05, 4.69) is 78.9 Å². The maximum Gasteiger partial charge on any atom is 0.164 e. The summed E-state index contributed by atoms with van der Waals surface area (Å²) >= 11 is 0. The van der Waals surface area contributed by atoms with E-state index in [9.17, 15) is 0 Å². The molecule has 0 aliphatic carbocycles. The van der Waals surface area contributed by atoms with Gasteiger partial charge in [-0.3, -0.25) is 0 Å². The normalized spacial score (nSPS) is 11.3. The molecular weight excluding hydrogens is 526 g/mol. The van der Waals surface area contributed by atoms with E-state index in [1.807, 2.05) is 72.8 Å². The highest BCUT2D eigenvalue weighted by molar-refractivity contribution is 6.10. The quantitative estimate of drug-likeness (QED) is 0.214. The van der Waals surface area contributed by atoms with Crippen LogP contribution in [0.25, 0.3) is 78.4 Å². The zero-order chi connectivity index (χ0) is 28.6. The van der Waals surface area contributed by atoms with Crippen molar-refractivity contribution < 1.29 is 4.42 Å². The van der Waals surface area contributed by atoms with Gasteiger partial charge in [-0.2, -0.15) is 0 Å². The Morgan fingerprint density at radius 1 is 0.349 bits per heavy atom. The largest absolute Gasteiger partial charge is 0.455 e. The summed E-state index contributed by atoms with van der Waals surface area (Å²) < 4.78 is 6.41. The zero-order valence-electron chi connectivity index (χ0n) is 23.2. The first kappa shape index (κ1) is 24.9. The van der Waals surface area contributed by atoms with E-state index < -0.39 is 0 Å². The Morgan fingerprint density at radius 3 is 1.56 bits per heavy atom. The van der Waals surface area contributed by atoms with Gasteiger partial charge in [0.2, 0.25) is 0 Å². The lowest BCUT2D eigenvalue weighted by Crippen LogP contribution is -2.00. The van der Waals surface area contributed by atoms with E-state index in [1.54, 1.807) is 0 Å². The van der Waals surface area contributed by atoms with Crippen LogP contribution in [0.3, 0.4) is 0 Å². The van der Waals surface area contributed by atoms with Crippen LogP contribution in [0.4, 0.5) is 0 Å². The van der Waals surface area contributed by atoms with Crippen molar-refractivity contribution in [3.8, 4) is 56.4 Å². The molecule has 0 unspecified atom stereocenters. The number of furan rings is 1. The minimum absolute atomic E-state index is 0.631. The van der Waals surface area contributed by atoms with Crippen molar-refractivity contribution in [2.24, 2.45) is 0 Å². The van der Waals surface area contributed by atoms with Gasteiger partial charge in [-0.25, -0.2) is 15.0 Å². The van der Waals surface area contributed by atoms with Gasteiger partial charge in [0.05, 0.1) is 0 Å². The van der Waals surface area contributed by atoms with Crippen molar-refractivity contribution in [3.63, 3.8) is 0 Å². The topological polar surface area (TPSA) is 51.8 Å². The number of hydrogen-bond donors (Lipinski definition) is 0. The second-order valence-corrected chi connectivity index (χ2v) is 10.4. The van der Waals surface area contributed by atoms with Gasteiger partial charge in [0, 0.05) is 33.0 Å². The molecule has 6 aromatic carbocycles. The van der Waals surface area contributed by atoms with Crippen molar-refractivity contribution in [1.29, 1.82) is 0 Å². The molecule has 0 saturated carbocycles. The average Bonchev–Trinajstić information content (AvgIpc) is 3.48. The molecule has 0 aliphatic rings. The Hall–Kier alpha value is -5.87. The highest BCUT2D eigenvalue weighted by Gasteiger charge is 2.17. The Labute approximate surface area is 249 Å². The third-order valence-electron chi connectivity index (χ3n) is 7.75. The second kappa shape index (κ2) is 10.5. The Kier molecular flexibility index (Phi) is 6.08. The Bertz CT molecular complexity index is 2180. The predicted molar refractivity (Wildman–Crippen MR) is 174 cm³/mol. The number of fused-ring (bicyclic) bond motifs is 3. The molecule has 4 heteroatoms. The first-order chi connectivity index (χ1) is 21.3. The van der Waals surface area contributed by atoms with Crippen molar-refractivity contribution in [1.82, 2.24) is 15.0 Å². The average molecular weight is 552 g/mol. The first-order valence-electron chi connectivity index (χ1n) is 14.3. The molecule has 0 bridgehead atoms. The summed E-state index contributed by atoms with van der Waals surface area (Å²) in [6.45, 7) is 0. The molecule has 8 aromatic rings. The fourth-order valence-electron chi connectivity index (χ4n) is 5.69. The Balaban J connectivity index is 1.28. The zero-order valence-corrected chi connectivity index (χ0v) is 23.2. The van der Waals surface area contributed by atoms with Gasteiger partial charge >= 0.3 is 0 Å². The van der Waals surface area contributed by atoms with Crippen LogP contribution in [-0.4, -0.2) is 15.0 Å². The monoisotopic (exact) mass is 551 g/mol. The second-order valence-electron chi connectivity index (χ2n) is 10.4. The molecule has 0 amide bonds. The fraction of sp³-hybridized carbons (Fsp3) is 0. The van der Waals surface area contributed by atoms with E-state index in [1.165, 1.54) is 0 Å². The van der Waals surface area contributed by atoms with Gasteiger partial charge in [0.25, 0.3) is 0 Å². The van der Waals surface area contributed by atoms with Crippen LogP contribution in [0.15, 0.2) is 156 Å². The standard InChI is InChI=1S/C39H25N3O/c1-3-13-26(14-4-1)37-40-38(27-15-5-2-6-16-27)42-39(41-37)29-18-11-17-28(25-29)30-19-7-8-20-31(30)33-22-12-23-34-32-21-9-10-24-35(32)43-36(33)34/h1-25H. The minimum Gasteiger partial charge on any atom is -0.455 e. The molecule has 2 aromatic heterocycles. The van der Waals surface area contributed by atoms with E-state index in [0.29, 0.717) is 17.5 Å². The number of rotatable bonds is 5. The van der Waals surface area contributed by atoms with Crippen LogP contribution in [0.2, 0.25) is 0 Å². The maximum atomic E-state index is 6.41. The third-order valence-corrected chi connectivity index (χ3v) is 7.75. The molecule has 0 saturated heterocycles. The number of hydrogen-bond acceptors (Lipinski definition) is 4. The van der Waals surface area contributed by atoms with Crippen molar-refractivity contribution in [3.05, 3.63) is 152 Å². The number of aromatic nitrogens is 3. The van der Waals surface area contributed by atoms with E-state index in [-0.39, 0.29) is 0 Å². The summed E-state index contributed by atoms with van der Waals surface area (Å²) in [7, 11) is 0. The molecule has 202 valence electrons. The van der Waals surface area contributed by atoms with Gasteiger partial charge in [0.1, 0.15) is 11.2 Å². The molecule has 0 spiro atoms. The molecule has 2 heterocycles. The van der Waals surface area contributed by atoms with Crippen LogP contribution >= 0.6 is 0 Å². The summed E-state index contributed by atoms with van der Waals surface area (Å²) in [5.74, 6) is 1.92. The van der Waals surface area contributed by atoms with Gasteiger partial charge < -0.3 is 4.42 Å². The molecule has 0 fully saturated rings. The van der Waals surface area contributed by atoms with Crippen molar-refractivity contribution >= 4 is 21.9 Å². The molecule has 0 N–H and O–H groups in total. The van der Waals surface area contributed by atoms with Crippen LogP contribution in [-0.2, 0) is 0 Å². The summed E-state index contributed by atoms with van der Waals surface area (Å²) in [4.78, 5) is 14.7. The van der Waals surface area contributed by atoms with Gasteiger partial charge in [-0.15, -0.1) is 0 Å². The lowest BCUT2D eigenvalue weighted by molar-refractivity contribution is 0.670. The molecule has 4 nitrogen and oxygen atoms in total. The fourth-order valence-corrected chi connectivity index (χ4v) is 5.69. The lowest BCUT2D eigenvalue weighted by atomic mass is 9.92. The maximum absolute atomic E-state index is 6.41. The highest BCUT2D eigenvalue weighted by Crippen LogP contribution is 2.40. The SMILES string of the molecule is c1ccc(-c2nc(-c3ccccc3)nc(-c3cccc(-c4ccccc4-c4cccc5c4oc4ccccc45)c3)n2)cc1. The molecule has 0 atom stereocenters.